The van der Waals surface area contributed by atoms with Gasteiger partial charge < -0.3 is 15.5 Å². The molecule has 7 nitrogen and oxygen atoms in total. The van der Waals surface area contributed by atoms with Crippen LogP contribution < -0.4 is 10.6 Å². The highest BCUT2D eigenvalue weighted by Crippen LogP contribution is 2.42. The Labute approximate surface area is 210 Å². The molecule has 0 bridgehead atoms. The Morgan fingerprint density at radius 3 is 2.39 bits per heavy atom. The zero-order valence-electron chi connectivity index (χ0n) is 21.4. The number of carbonyl (C=O) groups excluding carboxylic acids is 3. The zero-order chi connectivity index (χ0) is 26.8. The maximum Gasteiger partial charge on any atom is 0.416 e. The van der Waals surface area contributed by atoms with E-state index in [0.29, 0.717) is 24.6 Å². The monoisotopic (exact) mass is 508 g/mol. The average molecular weight is 509 g/mol. The number of urea groups is 1. The first-order valence-corrected chi connectivity index (χ1v) is 12.4. The van der Waals surface area contributed by atoms with E-state index in [1.165, 1.54) is 28.0 Å². The lowest BCUT2D eigenvalue weighted by molar-refractivity contribution is -0.139. The maximum atomic E-state index is 13.8. The molecule has 0 unspecified atom stereocenters. The number of nitrogens with zero attached hydrogens (tertiary/aromatic N) is 2. The van der Waals surface area contributed by atoms with Crippen LogP contribution in [0.4, 0.5) is 18.0 Å². The third-order valence-electron chi connectivity index (χ3n) is 6.54. The predicted molar refractivity (Wildman–Crippen MR) is 130 cm³/mol. The molecule has 0 aromatic heterocycles. The fraction of sp³-hybridized carbons (Fsp3) is 0.577. The number of likely N-dealkylation sites (N-methyl/N-ethyl adjacent to an activating group) is 1. The van der Waals surface area contributed by atoms with Crippen molar-refractivity contribution in [3.8, 4) is 0 Å². The Bertz CT molecular complexity index is 1040. The molecule has 2 N–H and O–H groups in total. The van der Waals surface area contributed by atoms with Gasteiger partial charge in [0.2, 0.25) is 5.91 Å². The van der Waals surface area contributed by atoms with Crippen LogP contribution in [0.15, 0.2) is 35.5 Å². The van der Waals surface area contributed by atoms with Gasteiger partial charge in [-0.25, -0.2) is 4.79 Å². The van der Waals surface area contributed by atoms with Crippen molar-refractivity contribution in [2.45, 2.75) is 65.7 Å². The SMILES string of the molecule is CCN1C(=O)N[C@@H](c2ccccc2C(F)(F)F)C2=C1CN([C@H](CC(C)C)C(=O)NCCC(C)C)C2=O. The maximum absolute atomic E-state index is 13.8. The summed E-state index contributed by atoms with van der Waals surface area (Å²) in [4.78, 5) is 42.6. The number of halogens is 3. The molecule has 0 saturated carbocycles. The van der Waals surface area contributed by atoms with E-state index in [0.717, 1.165) is 12.5 Å². The highest BCUT2D eigenvalue weighted by molar-refractivity contribution is 6.03. The third kappa shape index (κ3) is 5.68. The predicted octanol–water partition coefficient (Wildman–Crippen LogP) is 4.46. The summed E-state index contributed by atoms with van der Waals surface area (Å²) in [7, 11) is 0. The Morgan fingerprint density at radius 2 is 1.81 bits per heavy atom. The van der Waals surface area contributed by atoms with Crippen molar-refractivity contribution in [1.29, 1.82) is 0 Å². The number of nitrogens with one attached hydrogen (secondary N) is 2. The second kappa shape index (κ2) is 10.9. The number of hydrogen-bond acceptors (Lipinski definition) is 3. The van der Waals surface area contributed by atoms with Gasteiger partial charge in [-0.2, -0.15) is 13.2 Å². The summed E-state index contributed by atoms with van der Waals surface area (Å²) < 4.78 is 41.5. The molecule has 2 aliphatic rings. The van der Waals surface area contributed by atoms with Gasteiger partial charge in [0.05, 0.1) is 29.4 Å². The first kappa shape index (κ1) is 27.5. The average Bonchev–Trinajstić information content (AvgIpc) is 3.12. The van der Waals surface area contributed by atoms with Crippen LogP contribution in [0.2, 0.25) is 0 Å². The summed E-state index contributed by atoms with van der Waals surface area (Å²) in [5, 5.41) is 5.51. The number of alkyl halides is 3. The summed E-state index contributed by atoms with van der Waals surface area (Å²) in [6, 6.07) is 2.29. The number of carbonyl (C=O) groups is 3. The normalized spacial score (nSPS) is 19.2. The molecule has 2 aliphatic heterocycles. The molecule has 4 amide bonds. The van der Waals surface area contributed by atoms with Crippen LogP contribution in [0.1, 0.15) is 64.6 Å². The van der Waals surface area contributed by atoms with Gasteiger partial charge in [-0.15, -0.1) is 0 Å². The van der Waals surface area contributed by atoms with Gasteiger partial charge in [0, 0.05) is 13.1 Å². The topological polar surface area (TPSA) is 81.8 Å². The van der Waals surface area contributed by atoms with Crippen molar-refractivity contribution in [3.05, 3.63) is 46.7 Å². The molecule has 198 valence electrons. The molecule has 0 aliphatic carbocycles. The van der Waals surface area contributed by atoms with Crippen LogP contribution in [0.5, 0.6) is 0 Å². The van der Waals surface area contributed by atoms with Crippen LogP contribution in [-0.2, 0) is 15.8 Å². The zero-order valence-corrected chi connectivity index (χ0v) is 21.4. The van der Waals surface area contributed by atoms with Gasteiger partial charge in [-0.3, -0.25) is 14.5 Å². The van der Waals surface area contributed by atoms with E-state index in [-0.39, 0.29) is 36.1 Å². The van der Waals surface area contributed by atoms with Gasteiger partial charge >= 0.3 is 12.2 Å². The first-order valence-electron chi connectivity index (χ1n) is 12.4. The van der Waals surface area contributed by atoms with Crippen molar-refractivity contribution in [1.82, 2.24) is 20.4 Å². The number of benzene rings is 1. The molecular weight excluding hydrogens is 473 g/mol. The van der Waals surface area contributed by atoms with Crippen molar-refractivity contribution < 1.29 is 27.6 Å². The van der Waals surface area contributed by atoms with Gasteiger partial charge in [0.15, 0.2) is 0 Å². The van der Waals surface area contributed by atoms with Crippen LogP contribution in [0.25, 0.3) is 0 Å². The molecule has 36 heavy (non-hydrogen) atoms. The van der Waals surface area contributed by atoms with Gasteiger partial charge in [0.25, 0.3) is 5.91 Å². The van der Waals surface area contributed by atoms with Crippen molar-refractivity contribution in [3.63, 3.8) is 0 Å². The van der Waals surface area contributed by atoms with Crippen LogP contribution >= 0.6 is 0 Å². The van der Waals surface area contributed by atoms with E-state index in [1.54, 1.807) is 6.92 Å². The first-order chi connectivity index (χ1) is 16.9. The highest BCUT2D eigenvalue weighted by Gasteiger charge is 2.48. The molecule has 0 spiro atoms. The molecule has 3 rings (SSSR count). The summed E-state index contributed by atoms with van der Waals surface area (Å²) in [5.74, 6) is -0.358. The summed E-state index contributed by atoms with van der Waals surface area (Å²) in [5.41, 5.74) is -0.684. The molecular formula is C26H35F3N4O3. The van der Waals surface area contributed by atoms with E-state index in [2.05, 4.69) is 10.6 Å². The van der Waals surface area contributed by atoms with Crippen LogP contribution in [0.3, 0.4) is 0 Å². The van der Waals surface area contributed by atoms with E-state index in [9.17, 15) is 27.6 Å². The molecule has 1 aromatic rings. The summed E-state index contributed by atoms with van der Waals surface area (Å²) in [6.07, 6.45) is -3.50. The fourth-order valence-corrected chi connectivity index (χ4v) is 4.76. The lowest BCUT2D eigenvalue weighted by Gasteiger charge is -2.33. The quantitative estimate of drug-likeness (QED) is 0.517. The molecule has 2 heterocycles. The number of rotatable bonds is 9. The molecule has 1 aromatic carbocycles. The van der Waals surface area contributed by atoms with E-state index < -0.39 is 35.8 Å². The lowest BCUT2D eigenvalue weighted by Crippen LogP contribution is -2.49. The lowest BCUT2D eigenvalue weighted by atomic mass is 9.91. The van der Waals surface area contributed by atoms with E-state index >= 15 is 0 Å². The largest absolute Gasteiger partial charge is 0.416 e. The summed E-state index contributed by atoms with van der Waals surface area (Å²) >= 11 is 0. The Hall–Kier alpha value is -3.04. The van der Waals surface area contributed by atoms with E-state index in [1.807, 2.05) is 27.7 Å². The van der Waals surface area contributed by atoms with Crippen LogP contribution in [0, 0.1) is 11.8 Å². The van der Waals surface area contributed by atoms with Crippen LogP contribution in [-0.4, -0.2) is 53.3 Å². The Morgan fingerprint density at radius 1 is 1.14 bits per heavy atom. The van der Waals surface area contributed by atoms with Crippen molar-refractivity contribution in [2.24, 2.45) is 11.8 Å². The minimum absolute atomic E-state index is 0.0188. The molecule has 0 radical (unpaired) electrons. The van der Waals surface area contributed by atoms with Gasteiger partial charge in [0.1, 0.15) is 6.04 Å². The summed E-state index contributed by atoms with van der Waals surface area (Å²) in [6.45, 7) is 10.4. The van der Waals surface area contributed by atoms with E-state index in [4.69, 9.17) is 0 Å². The second-order valence-electron chi connectivity index (χ2n) is 10.1. The highest BCUT2D eigenvalue weighted by atomic mass is 19.4. The second-order valence-corrected chi connectivity index (χ2v) is 10.1. The Kier molecular flexibility index (Phi) is 8.36. The van der Waals surface area contributed by atoms with Gasteiger partial charge in [-0.05, 0) is 43.2 Å². The number of hydrogen-bond donors (Lipinski definition) is 2. The molecule has 2 atom stereocenters. The molecule has 0 fully saturated rings. The van der Waals surface area contributed by atoms with Gasteiger partial charge in [-0.1, -0.05) is 45.9 Å². The molecule has 0 saturated heterocycles. The minimum Gasteiger partial charge on any atom is -0.354 e. The number of amides is 4. The minimum atomic E-state index is -4.66. The third-order valence-corrected chi connectivity index (χ3v) is 6.54. The smallest absolute Gasteiger partial charge is 0.354 e. The Balaban J connectivity index is 2.02. The molecule has 10 heteroatoms. The van der Waals surface area contributed by atoms with Crippen molar-refractivity contribution in [2.75, 3.05) is 19.6 Å². The fourth-order valence-electron chi connectivity index (χ4n) is 4.76. The standard InChI is InChI=1S/C26H35F3N4O3/c1-6-32-20-14-33(19(13-16(4)5)23(34)30-12-11-15(2)3)24(35)21(20)22(31-25(32)36)17-9-7-8-10-18(17)26(27,28)29/h7-10,15-16,19,22H,6,11-14H2,1-5H3,(H,30,34)(H,31,36)/t19-,22+/m1/s1. The van der Waals surface area contributed by atoms with Crippen molar-refractivity contribution >= 4 is 17.8 Å².